The summed E-state index contributed by atoms with van der Waals surface area (Å²) in [5, 5.41) is 10.2. The molecule has 0 unspecified atom stereocenters. The Labute approximate surface area is 126 Å². The van der Waals surface area contributed by atoms with Crippen LogP contribution in [0.15, 0.2) is 24.3 Å². The van der Waals surface area contributed by atoms with Crippen LogP contribution in [0.2, 0.25) is 0 Å². The third kappa shape index (κ3) is 3.89. The van der Waals surface area contributed by atoms with E-state index in [2.05, 4.69) is 4.74 Å². The summed E-state index contributed by atoms with van der Waals surface area (Å²) in [6, 6.07) is 4.48. The van der Waals surface area contributed by atoms with Gasteiger partial charge in [-0.2, -0.15) is 17.6 Å². The molecule has 7 heteroatoms. The summed E-state index contributed by atoms with van der Waals surface area (Å²) >= 11 is 0. The van der Waals surface area contributed by atoms with Gasteiger partial charge in [0.25, 0.3) is 0 Å². The first kappa shape index (κ1) is 17.0. The molecule has 2 atom stereocenters. The molecule has 3 nitrogen and oxygen atoms in total. The Balaban J connectivity index is 2.10. The molecule has 1 saturated carbocycles. The third-order valence-electron chi connectivity index (χ3n) is 4.00. The molecule has 1 fully saturated rings. The topological polar surface area (TPSA) is 55.5 Å². The Kier molecular flexibility index (Phi) is 5.28. The lowest BCUT2D eigenvalue weighted by Gasteiger charge is -2.25. The maximum atomic E-state index is 12.9. The number of hydrogen-bond donors (Lipinski definition) is 2. The van der Waals surface area contributed by atoms with Gasteiger partial charge in [-0.3, -0.25) is 0 Å². The molecule has 0 spiro atoms. The quantitative estimate of drug-likeness (QED) is 0.789. The maximum absolute atomic E-state index is 12.9. The lowest BCUT2D eigenvalue weighted by Crippen LogP contribution is -2.34. The number of aliphatic hydroxyl groups excluding tert-OH is 1. The van der Waals surface area contributed by atoms with Crippen LogP contribution < -0.4 is 10.5 Å². The third-order valence-corrected chi connectivity index (χ3v) is 4.00. The molecule has 0 aliphatic heterocycles. The van der Waals surface area contributed by atoms with Gasteiger partial charge in [-0.15, -0.1) is 0 Å². The highest BCUT2D eigenvalue weighted by Crippen LogP contribution is 2.34. The van der Waals surface area contributed by atoms with E-state index in [4.69, 9.17) is 5.73 Å². The predicted octanol–water partition coefficient (Wildman–Crippen LogP) is 3.47. The second-order valence-electron chi connectivity index (χ2n) is 5.60. The van der Waals surface area contributed by atoms with Gasteiger partial charge < -0.3 is 15.6 Å². The van der Waals surface area contributed by atoms with Crippen LogP contribution in [0.4, 0.5) is 17.6 Å². The van der Waals surface area contributed by atoms with Crippen LogP contribution in [-0.2, 0) is 0 Å². The summed E-state index contributed by atoms with van der Waals surface area (Å²) in [4.78, 5) is 0. The monoisotopic (exact) mass is 321 g/mol. The van der Waals surface area contributed by atoms with Crippen molar-refractivity contribution in [2.45, 2.75) is 50.4 Å². The molecule has 0 amide bonds. The van der Waals surface area contributed by atoms with E-state index in [1.807, 2.05) is 0 Å². The average molecular weight is 321 g/mol. The first-order valence-corrected chi connectivity index (χ1v) is 7.20. The summed E-state index contributed by atoms with van der Waals surface area (Å²) in [6.07, 6.45) is -5.49. The Morgan fingerprint density at radius 1 is 1.23 bits per heavy atom. The van der Waals surface area contributed by atoms with Crippen molar-refractivity contribution in [3.8, 4) is 5.75 Å². The van der Waals surface area contributed by atoms with Gasteiger partial charge in [0, 0.05) is 0 Å². The zero-order chi connectivity index (χ0) is 16.3. The number of benzene rings is 1. The van der Waals surface area contributed by atoms with E-state index in [1.165, 1.54) is 12.1 Å². The van der Waals surface area contributed by atoms with Gasteiger partial charge in [0.1, 0.15) is 5.75 Å². The fourth-order valence-corrected chi connectivity index (χ4v) is 2.78. The molecular weight excluding hydrogens is 302 g/mol. The van der Waals surface area contributed by atoms with E-state index < -0.39 is 30.4 Å². The minimum absolute atomic E-state index is 0.0714. The number of aliphatic hydroxyl groups is 1. The lowest BCUT2D eigenvalue weighted by atomic mass is 9.91. The maximum Gasteiger partial charge on any atom is 0.461 e. The van der Waals surface area contributed by atoms with Gasteiger partial charge in [-0.1, -0.05) is 25.0 Å². The molecule has 1 aliphatic carbocycles. The first-order valence-electron chi connectivity index (χ1n) is 7.20. The molecule has 0 heterocycles. The molecule has 1 aromatic carbocycles. The van der Waals surface area contributed by atoms with Gasteiger partial charge in [0.2, 0.25) is 0 Å². The summed E-state index contributed by atoms with van der Waals surface area (Å²) in [5.74, 6) is -0.334. The Bertz CT molecular complexity index is 492. The van der Waals surface area contributed by atoms with Gasteiger partial charge in [0.15, 0.2) is 0 Å². The molecule has 22 heavy (non-hydrogen) atoms. The largest absolute Gasteiger partial charge is 0.461 e. The van der Waals surface area contributed by atoms with E-state index >= 15 is 0 Å². The Morgan fingerprint density at radius 3 is 2.45 bits per heavy atom. The highest BCUT2D eigenvalue weighted by Gasteiger charge is 2.44. The van der Waals surface area contributed by atoms with Gasteiger partial charge in [-0.25, -0.2) is 0 Å². The molecule has 3 N–H and O–H groups in total. The fraction of sp³-hybridized carbons (Fsp3) is 0.600. The summed E-state index contributed by atoms with van der Waals surface area (Å²) < 4.78 is 54.2. The minimum atomic E-state index is -4.56. The normalized spacial score (nSPS) is 19.4. The molecule has 0 bridgehead atoms. The molecular formula is C15H19F4NO2. The lowest BCUT2D eigenvalue weighted by molar-refractivity contribution is -0.253. The number of halogens is 4. The fourth-order valence-electron chi connectivity index (χ4n) is 2.78. The second-order valence-corrected chi connectivity index (χ2v) is 5.60. The Hall–Kier alpha value is -1.34. The van der Waals surface area contributed by atoms with Crippen molar-refractivity contribution in [2.75, 3.05) is 0 Å². The van der Waals surface area contributed by atoms with Crippen LogP contribution in [0.25, 0.3) is 0 Å². The molecule has 0 aromatic heterocycles. The van der Waals surface area contributed by atoms with Gasteiger partial charge in [-0.05, 0) is 36.5 Å². The van der Waals surface area contributed by atoms with E-state index in [0.717, 1.165) is 31.7 Å². The average Bonchev–Trinajstić information content (AvgIpc) is 2.99. The van der Waals surface area contributed by atoms with E-state index in [-0.39, 0.29) is 5.92 Å². The van der Waals surface area contributed by atoms with Crippen molar-refractivity contribution >= 4 is 0 Å². The van der Waals surface area contributed by atoms with E-state index in [0.29, 0.717) is 5.56 Å². The number of nitrogens with two attached hydrogens (primary N) is 1. The molecule has 1 aliphatic rings. The zero-order valence-electron chi connectivity index (χ0n) is 11.9. The standard InChI is InChI=1S/C15H19F4NO2/c16-14(17)15(18,19)22-11-7-3-6-10(8-11)12(20)13(21)9-4-1-2-5-9/h3,6-9,12-14,21H,1-2,4-5,20H2/t12-,13+/m1/s1. The highest BCUT2D eigenvalue weighted by molar-refractivity contribution is 5.31. The number of rotatable bonds is 6. The van der Waals surface area contributed by atoms with Crippen molar-refractivity contribution < 1.29 is 27.4 Å². The first-order chi connectivity index (χ1) is 10.3. The number of hydrogen-bond acceptors (Lipinski definition) is 3. The smallest absolute Gasteiger partial charge is 0.428 e. The summed E-state index contributed by atoms with van der Waals surface area (Å²) in [5.41, 5.74) is 6.35. The molecule has 124 valence electrons. The predicted molar refractivity (Wildman–Crippen MR) is 72.9 cm³/mol. The van der Waals surface area contributed by atoms with Crippen molar-refractivity contribution in [3.63, 3.8) is 0 Å². The van der Waals surface area contributed by atoms with Crippen molar-refractivity contribution in [3.05, 3.63) is 29.8 Å². The van der Waals surface area contributed by atoms with Crippen LogP contribution in [0.5, 0.6) is 5.75 Å². The van der Waals surface area contributed by atoms with Crippen molar-refractivity contribution in [1.82, 2.24) is 0 Å². The summed E-state index contributed by atoms with van der Waals surface area (Å²) in [6.45, 7) is 0. The summed E-state index contributed by atoms with van der Waals surface area (Å²) in [7, 11) is 0. The SMILES string of the molecule is N[C@H](c1cccc(OC(F)(F)C(F)F)c1)[C@@H](O)C1CCCC1. The van der Waals surface area contributed by atoms with Crippen LogP contribution >= 0.6 is 0 Å². The zero-order valence-corrected chi connectivity index (χ0v) is 11.9. The van der Waals surface area contributed by atoms with Gasteiger partial charge in [0.05, 0.1) is 12.1 Å². The number of alkyl halides is 4. The Morgan fingerprint density at radius 2 is 1.86 bits per heavy atom. The molecule has 2 rings (SSSR count). The van der Waals surface area contributed by atoms with Crippen LogP contribution in [0.3, 0.4) is 0 Å². The molecule has 0 radical (unpaired) electrons. The second kappa shape index (κ2) is 6.83. The van der Waals surface area contributed by atoms with Crippen LogP contribution in [0.1, 0.15) is 37.3 Å². The molecule has 1 aromatic rings. The van der Waals surface area contributed by atoms with Gasteiger partial charge >= 0.3 is 12.5 Å². The van der Waals surface area contributed by atoms with Crippen molar-refractivity contribution in [1.29, 1.82) is 0 Å². The highest BCUT2D eigenvalue weighted by atomic mass is 19.3. The van der Waals surface area contributed by atoms with Crippen molar-refractivity contribution in [2.24, 2.45) is 11.7 Å². The number of ether oxygens (including phenoxy) is 1. The van der Waals surface area contributed by atoms with E-state index in [9.17, 15) is 22.7 Å². The molecule has 0 saturated heterocycles. The minimum Gasteiger partial charge on any atom is -0.428 e. The van der Waals surface area contributed by atoms with E-state index in [1.54, 1.807) is 6.07 Å². The van der Waals surface area contributed by atoms with Crippen LogP contribution in [0, 0.1) is 5.92 Å². The van der Waals surface area contributed by atoms with Crippen LogP contribution in [-0.4, -0.2) is 23.7 Å².